The van der Waals surface area contributed by atoms with Gasteiger partial charge in [-0.25, -0.2) is 19.5 Å². The average Bonchev–Trinajstić information content (AvgIpc) is 3.33. The fourth-order valence-corrected chi connectivity index (χ4v) is 8.38. The van der Waals surface area contributed by atoms with Gasteiger partial charge in [-0.05, 0) is 80.3 Å². The van der Waals surface area contributed by atoms with Gasteiger partial charge in [0.1, 0.15) is 18.2 Å². The number of carbonyl (C=O) groups is 2. The summed E-state index contributed by atoms with van der Waals surface area (Å²) >= 11 is 0. The van der Waals surface area contributed by atoms with Gasteiger partial charge in [0.05, 0.1) is 5.56 Å². The molecule has 2 amide bonds. The molecule has 50 heavy (non-hydrogen) atoms. The predicted octanol–water partition coefficient (Wildman–Crippen LogP) is 6.43. The molecule has 2 atom stereocenters. The Kier molecular flexibility index (Phi) is 9.45. The maximum Gasteiger partial charge on any atom is 0.410 e. The first-order chi connectivity index (χ1) is 23.5. The minimum Gasteiger partial charge on any atom is -0.445 e. The van der Waals surface area contributed by atoms with E-state index in [2.05, 4.69) is 67.5 Å². The molecule has 0 saturated carbocycles. The molecule has 1 fully saturated rings. The molecule has 5 heterocycles. The summed E-state index contributed by atoms with van der Waals surface area (Å²) in [4.78, 5) is 40.1. The molecule has 4 bridgehead atoms. The molecule has 3 aliphatic rings. The molecule has 1 aromatic carbocycles. The Morgan fingerprint density at radius 2 is 1.78 bits per heavy atom. The summed E-state index contributed by atoms with van der Waals surface area (Å²) in [6, 6.07) is 17.7. The number of carbonyl (C=O) groups excluding carboxylic acids is 2. The predicted molar refractivity (Wildman–Crippen MR) is 194 cm³/mol. The average molecular weight is 701 g/mol. The van der Waals surface area contributed by atoms with Crippen LogP contribution in [0.5, 0.6) is 0 Å². The minimum absolute atomic E-state index is 0.138. The second-order valence-corrected chi connectivity index (χ2v) is 17.4. The number of benzene rings is 1. The van der Waals surface area contributed by atoms with E-state index < -0.39 is 15.9 Å². The molecule has 0 spiro atoms. The first-order valence-electron chi connectivity index (χ1n) is 17.3. The van der Waals surface area contributed by atoms with Crippen molar-refractivity contribution >= 4 is 33.7 Å². The van der Waals surface area contributed by atoms with E-state index in [0.29, 0.717) is 37.7 Å². The third-order valence-corrected chi connectivity index (χ3v) is 11.2. The Bertz CT molecular complexity index is 1910. The van der Waals surface area contributed by atoms with Gasteiger partial charge in [0.25, 0.3) is 15.9 Å². The lowest BCUT2D eigenvalue weighted by atomic mass is 9.78. The molecule has 3 aromatic rings. The highest BCUT2D eigenvalue weighted by molar-refractivity contribution is 7.90. The quantitative estimate of drug-likeness (QED) is 0.297. The van der Waals surface area contributed by atoms with Gasteiger partial charge in [-0.1, -0.05) is 70.2 Å². The number of hydrogen-bond donors (Lipinski definition) is 2. The maximum atomic E-state index is 13.8. The van der Waals surface area contributed by atoms with Gasteiger partial charge < -0.3 is 19.9 Å². The molecule has 2 aromatic heterocycles. The van der Waals surface area contributed by atoms with Crippen LogP contribution in [0, 0.1) is 5.41 Å². The Balaban J connectivity index is 1.32. The zero-order valence-electron chi connectivity index (χ0n) is 29.8. The number of aromatic nitrogens is 2. The van der Waals surface area contributed by atoms with E-state index in [9.17, 15) is 18.0 Å². The summed E-state index contributed by atoms with van der Waals surface area (Å²) in [7, 11) is -4.32. The van der Waals surface area contributed by atoms with E-state index in [0.717, 1.165) is 36.1 Å². The van der Waals surface area contributed by atoms with Gasteiger partial charge in [-0.3, -0.25) is 4.79 Å². The van der Waals surface area contributed by atoms with Crippen molar-refractivity contribution in [2.75, 3.05) is 29.9 Å². The molecule has 11 nitrogen and oxygen atoms in total. The lowest BCUT2D eigenvalue weighted by Gasteiger charge is -2.34. The van der Waals surface area contributed by atoms with E-state index in [1.807, 2.05) is 30.3 Å². The first-order valence-corrected chi connectivity index (χ1v) is 18.8. The molecule has 2 unspecified atom stereocenters. The molecular weight excluding hydrogens is 653 g/mol. The lowest BCUT2D eigenvalue weighted by Crippen LogP contribution is -2.41. The number of pyridine rings is 2. The van der Waals surface area contributed by atoms with Gasteiger partial charge in [0.15, 0.2) is 5.03 Å². The van der Waals surface area contributed by atoms with Gasteiger partial charge in [-0.15, -0.1) is 0 Å². The molecule has 6 rings (SSSR count). The van der Waals surface area contributed by atoms with E-state index >= 15 is 0 Å². The summed E-state index contributed by atoms with van der Waals surface area (Å²) in [5.41, 5.74) is 2.30. The van der Waals surface area contributed by atoms with E-state index in [-0.39, 0.29) is 45.7 Å². The molecule has 0 aliphatic carbocycles. The first kappa shape index (κ1) is 35.4. The van der Waals surface area contributed by atoms with Crippen molar-refractivity contribution in [1.29, 1.82) is 0 Å². The number of rotatable bonds is 3. The number of fused-ring (bicyclic) bond motifs is 6. The van der Waals surface area contributed by atoms with Crippen LogP contribution >= 0.6 is 0 Å². The zero-order chi connectivity index (χ0) is 35.9. The van der Waals surface area contributed by atoms with Crippen molar-refractivity contribution < 1.29 is 22.7 Å². The highest BCUT2D eigenvalue weighted by Crippen LogP contribution is 2.47. The number of nitrogens with zero attached hydrogens (tertiary/aromatic N) is 4. The normalized spacial score (nSPS) is 23.4. The zero-order valence-corrected chi connectivity index (χ0v) is 30.6. The Morgan fingerprint density at radius 1 is 1.02 bits per heavy atom. The SMILES string of the molecule is CC12CCC(C3=CCN(C(=O)OCc4ccccc4)CC3)Nc3cccc(n3)S(=O)(=O)NC(=O)c3ccc(C(C)(C)C)nc3N(C1)C(C)(C)C2. The Hall–Kier alpha value is -4.45. The van der Waals surface area contributed by atoms with Gasteiger partial charge >= 0.3 is 6.09 Å². The van der Waals surface area contributed by atoms with Crippen LogP contribution in [0.3, 0.4) is 0 Å². The molecule has 1 saturated heterocycles. The summed E-state index contributed by atoms with van der Waals surface area (Å²) in [5.74, 6) is 0.130. The fourth-order valence-electron chi connectivity index (χ4n) is 7.44. The molecule has 3 aliphatic heterocycles. The summed E-state index contributed by atoms with van der Waals surface area (Å²) < 4.78 is 35.0. The van der Waals surface area contributed by atoms with Crippen molar-refractivity contribution in [1.82, 2.24) is 19.6 Å². The molecular formula is C38H48N6O5S. The lowest BCUT2D eigenvalue weighted by molar-refractivity contribution is 0.0975. The monoisotopic (exact) mass is 700 g/mol. The molecule has 266 valence electrons. The van der Waals surface area contributed by atoms with Gasteiger partial charge in [-0.2, -0.15) is 8.42 Å². The highest BCUT2D eigenvalue weighted by atomic mass is 32.2. The third kappa shape index (κ3) is 7.65. The molecule has 12 heteroatoms. The number of hydrogen-bond acceptors (Lipinski definition) is 9. The van der Waals surface area contributed by atoms with Crippen LogP contribution in [0.15, 0.2) is 77.3 Å². The second-order valence-electron chi connectivity index (χ2n) is 15.8. The summed E-state index contributed by atoms with van der Waals surface area (Å²) in [6.07, 6.45) is 4.80. The molecule has 0 radical (unpaired) electrons. The standard InChI is InChI=1S/C38H48N6O5S/c1-36(2,3)30-16-15-28-33(40-30)44-25-38(6,24-37(44,4)5)20-17-29(39-31-13-10-14-32(41-31)50(47,48)42-34(28)45)27-18-21-43(22-19-27)35(46)49-23-26-11-8-7-9-12-26/h7-16,18,29H,17,19-25H2,1-6H3,(H,39,41)(H,42,45). The Morgan fingerprint density at radius 3 is 2.48 bits per heavy atom. The summed E-state index contributed by atoms with van der Waals surface area (Å²) in [5, 5.41) is 3.26. The molecule has 2 N–H and O–H groups in total. The number of sulfonamides is 1. The van der Waals surface area contributed by atoms with Crippen LogP contribution < -0.4 is 14.9 Å². The van der Waals surface area contributed by atoms with Crippen LogP contribution in [-0.4, -0.2) is 66.5 Å². The Labute approximate surface area is 295 Å². The fraction of sp³-hybridized carbons (Fsp3) is 0.474. The van der Waals surface area contributed by atoms with E-state index in [1.165, 1.54) is 6.07 Å². The smallest absolute Gasteiger partial charge is 0.410 e. The number of nitrogens with one attached hydrogen (secondary N) is 2. The number of amides is 2. The maximum absolute atomic E-state index is 13.8. The minimum atomic E-state index is -4.32. The third-order valence-electron chi connectivity index (χ3n) is 10.0. The van der Waals surface area contributed by atoms with Crippen LogP contribution in [0.25, 0.3) is 0 Å². The second kappa shape index (κ2) is 13.4. The van der Waals surface area contributed by atoms with Crippen LogP contribution in [0.2, 0.25) is 0 Å². The van der Waals surface area contributed by atoms with Crippen molar-refractivity contribution in [3.63, 3.8) is 0 Å². The van der Waals surface area contributed by atoms with Crippen LogP contribution in [-0.2, 0) is 26.8 Å². The van der Waals surface area contributed by atoms with Gasteiger partial charge in [0, 0.05) is 42.3 Å². The van der Waals surface area contributed by atoms with Crippen molar-refractivity contribution in [3.05, 3.63) is 89.1 Å². The number of ether oxygens (including phenoxy) is 1. The van der Waals surface area contributed by atoms with E-state index in [1.54, 1.807) is 29.2 Å². The number of anilines is 2. The van der Waals surface area contributed by atoms with Gasteiger partial charge in [0.2, 0.25) is 0 Å². The van der Waals surface area contributed by atoms with Crippen LogP contribution in [0.1, 0.15) is 88.8 Å². The van der Waals surface area contributed by atoms with Crippen molar-refractivity contribution in [2.45, 2.75) is 95.9 Å². The van der Waals surface area contributed by atoms with Crippen LogP contribution in [0.4, 0.5) is 16.4 Å². The van der Waals surface area contributed by atoms with Crippen molar-refractivity contribution in [2.24, 2.45) is 5.41 Å². The van der Waals surface area contributed by atoms with E-state index in [4.69, 9.17) is 9.72 Å². The largest absolute Gasteiger partial charge is 0.445 e. The summed E-state index contributed by atoms with van der Waals surface area (Å²) in [6.45, 7) is 14.6. The topological polar surface area (TPSA) is 134 Å². The van der Waals surface area contributed by atoms with Crippen molar-refractivity contribution in [3.8, 4) is 0 Å². The highest BCUT2D eigenvalue weighted by Gasteiger charge is 2.47.